The van der Waals surface area contributed by atoms with Gasteiger partial charge in [0.25, 0.3) is 0 Å². The number of carbonyl (C=O) groups excluding carboxylic acids is 2. The van der Waals surface area contributed by atoms with Crippen molar-refractivity contribution in [3.63, 3.8) is 0 Å². The van der Waals surface area contributed by atoms with Crippen LogP contribution in [0.4, 0.5) is 0 Å². The van der Waals surface area contributed by atoms with Crippen LogP contribution in [0.25, 0.3) is 5.69 Å². The molecule has 140 valence electrons. The fourth-order valence-electron chi connectivity index (χ4n) is 2.55. The van der Waals surface area contributed by atoms with Gasteiger partial charge in [-0.05, 0) is 32.0 Å². The van der Waals surface area contributed by atoms with Crippen molar-refractivity contribution in [1.82, 2.24) is 20.0 Å². The molecule has 0 saturated heterocycles. The maximum atomic E-state index is 12.2. The second-order valence-electron chi connectivity index (χ2n) is 6.22. The fraction of sp³-hybridized carbons (Fsp3) is 0.389. The number of carbonyl (C=O) groups is 2. The van der Waals surface area contributed by atoms with Gasteiger partial charge in [-0.15, -0.1) is 0 Å². The Morgan fingerprint density at radius 2 is 1.88 bits per heavy atom. The Morgan fingerprint density at radius 1 is 1.19 bits per heavy atom. The van der Waals surface area contributed by atoms with E-state index in [2.05, 4.69) is 10.4 Å². The third kappa shape index (κ3) is 4.77. The number of amides is 2. The largest absolute Gasteiger partial charge is 0.355 e. The summed E-state index contributed by atoms with van der Waals surface area (Å²) in [6.45, 7) is 4.08. The zero-order valence-corrected chi connectivity index (χ0v) is 16.8. The van der Waals surface area contributed by atoms with Crippen molar-refractivity contribution in [2.45, 2.75) is 26.7 Å². The molecular formula is C18H22Cl2N4O2. The number of nitrogens with zero attached hydrogens (tertiary/aromatic N) is 3. The molecular weight excluding hydrogens is 375 g/mol. The second-order valence-corrected chi connectivity index (χ2v) is 7.04. The number of nitrogens with one attached hydrogen (secondary N) is 1. The minimum atomic E-state index is -0.142. The number of rotatable bonds is 6. The molecule has 0 aliphatic heterocycles. The predicted octanol–water partition coefficient (Wildman–Crippen LogP) is 2.93. The minimum absolute atomic E-state index is 0.0231. The van der Waals surface area contributed by atoms with Gasteiger partial charge >= 0.3 is 0 Å². The molecule has 0 saturated carbocycles. The van der Waals surface area contributed by atoms with Crippen molar-refractivity contribution in [2.75, 3.05) is 20.6 Å². The van der Waals surface area contributed by atoms with E-state index in [1.807, 2.05) is 19.9 Å². The Bertz CT molecular complexity index is 831. The van der Waals surface area contributed by atoms with Gasteiger partial charge in [-0.25, -0.2) is 4.68 Å². The normalized spacial score (nSPS) is 10.7. The van der Waals surface area contributed by atoms with E-state index in [1.165, 1.54) is 4.90 Å². The molecule has 26 heavy (non-hydrogen) atoms. The molecule has 6 nitrogen and oxygen atoms in total. The van der Waals surface area contributed by atoms with Crippen LogP contribution in [0.5, 0.6) is 0 Å². The van der Waals surface area contributed by atoms with Gasteiger partial charge in [-0.3, -0.25) is 9.59 Å². The Kier molecular flexibility index (Phi) is 6.67. The molecule has 0 aliphatic rings. The van der Waals surface area contributed by atoms with Crippen molar-refractivity contribution in [2.24, 2.45) is 0 Å². The highest BCUT2D eigenvalue weighted by atomic mass is 35.5. The Balaban J connectivity index is 2.09. The van der Waals surface area contributed by atoms with E-state index in [1.54, 1.807) is 30.9 Å². The zero-order chi connectivity index (χ0) is 19.4. The third-order valence-corrected chi connectivity index (χ3v) is 4.83. The first-order chi connectivity index (χ1) is 12.2. The summed E-state index contributed by atoms with van der Waals surface area (Å²) in [7, 11) is 3.38. The number of benzene rings is 1. The van der Waals surface area contributed by atoms with Crippen LogP contribution < -0.4 is 5.32 Å². The Labute approximate surface area is 163 Å². The van der Waals surface area contributed by atoms with Crippen LogP contribution in [-0.4, -0.2) is 47.1 Å². The fourth-order valence-corrected chi connectivity index (χ4v) is 2.85. The van der Waals surface area contributed by atoms with Crippen LogP contribution in [0.1, 0.15) is 23.4 Å². The molecule has 2 rings (SSSR count). The van der Waals surface area contributed by atoms with Crippen molar-refractivity contribution >= 4 is 35.0 Å². The number of hydrogen-bond acceptors (Lipinski definition) is 3. The van der Waals surface area contributed by atoms with Crippen molar-refractivity contribution in [3.05, 3.63) is 45.2 Å². The van der Waals surface area contributed by atoms with E-state index in [4.69, 9.17) is 23.2 Å². The van der Waals surface area contributed by atoms with E-state index < -0.39 is 0 Å². The third-order valence-electron chi connectivity index (χ3n) is 4.09. The molecule has 0 bridgehead atoms. The lowest BCUT2D eigenvalue weighted by molar-refractivity contribution is -0.128. The summed E-state index contributed by atoms with van der Waals surface area (Å²) in [5, 5.41) is 8.21. The van der Waals surface area contributed by atoms with E-state index in [0.717, 1.165) is 22.6 Å². The van der Waals surface area contributed by atoms with Crippen molar-refractivity contribution in [1.29, 1.82) is 0 Å². The number of hydrogen-bond donors (Lipinski definition) is 1. The zero-order valence-electron chi connectivity index (χ0n) is 15.3. The molecule has 0 spiro atoms. The van der Waals surface area contributed by atoms with Crippen molar-refractivity contribution < 1.29 is 9.59 Å². The Morgan fingerprint density at radius 3 is 2.50 bits per heavy atom. The maximum Gasteiger partial charge on any atom is 0.224 e. The van der Waals surface area contributed by atoms with E-state index in [9.17, 15) is 9.59 Å². The molecule has 0 atom stereocenters. The van der Waals surface area contributed by atoms with E-state index in [-0.39, 0.29) is 24.7 Å². The van der Waals surface area contributed by atoms with Gasteiger partial charge in [0.2, 0.25) is 11.8 Å². The van der Waals surface area contributed by atoms with Gasteiger partial charge in [0, 0.05) is 38.3 Å². The van der Waals surface area contributed by atoms with Gasteiger partial charge in [0.1, 0.15) is 0 Å². The van der Waals surface area contributed by atoms with E-state index in [0.29, 0.717) is 16.6 Å². The van der Waals surface area contributed by atoms with Crippen LogP contribution in [0, 0.1) is 13.8 Å². The summed E-state index contributed by atoms with van der Waals surface area (Å²) < 4.78 is 1.75. The highest BCUT2D eigenvalue weighted by Gasteiger charge is 2.16. The molecule has 8 heteroatoms. The molecule has 0 unspecified atom stereocenters. The van der Waals surface area contributed by atoms with Crippen LogP contribution in [0.2, 0.25) is 10.0 Å². The first-order valence-corrected chi connectivity index (χ1v) is 8.93. The van der Waals surface area contributed by atoms with Gasteiger partial charge in [-0.1, -0.05) is 23.2 Å². The number of halogens is 2. The minimum Gasteiger partial charge on any atom is -0.355 e. The van der Waals surface area contributed by atoms with Gasteiger partial charge < -0.3 is 10.2 Å². The predicted molar refractivity (Wildman–Crippen MR) is 103 cm³/mol. The smallest absolute Gasteiger partial charge is 0.224 e. The first kappa shape index (κ1) is 20.3. The topological polar surface area (TPSA) is 67.2 Å². The average Bonchev–Trinajstić information content (AvgIpc) is 2.85. The molecule has 0 fully saturated rings. The lowest BCUT2D eigenvalue weighted by Crippen LogP contribution is -2.31. The molecule has 2 aromatic rings. The quantitative estimate of drug-likeness (QED) is 0.815. The van der Waals surface area contributed by atoms with Crippen LogP contribution >= 0.6 is 23.2 Å². The Hall–Kier alpha value is -2.05. The summed E-state index contributed by atoms with van der Waals surface area (Å²) in [5.74, 6) is -0.165. The summed E-state index contributed by atoms with van der Waals surface area (Å²) in [6.07, 6.45) is 0.481. The summed E-state index contributed by atoms with van der Waals surface area (Å²) in [4.78, 5) is 25.2. The summed E-state index contributed by atoms with van der Waals surface area (Å²) in [5.41, 5.74) is 3.27. The van der Waals surface area contributed by atoms with Gasteiger partial charge in [0.05, 0.1) is 27.8 Å². The monoisotopic (exact) mass is 396 g/mol. The molecule has 0 radical (unpaired) electrons. The molecule has 0 aliphatic carbocycles. The summed E-state index contributed by atoms with van der Waals surface area (Å²) >= 11 is 12.0. The SMILES string of the molecule is Cc1nn(-c2ccc(Cl)c(Cl)c2)c(C)c1CC(=O)NCCC(=O)N(C)C. The maximum absolute atomic E-state index is 12.2. The number of aryl methyl sites for hydroxylation is 1. The van der Waals surface area contributed by atoms with Crippen LogP contribution in [0.15, 0.2) is 18.2 Å². The molecule has 1 aromatic carbocycles. The lowest BCUT2D eigenvalue weighted by atomic mass is 10.1. The highest BCUT2D eigenvalue weighted by molar-refractivity contribution is 6.42. The van der Waals surface area contributed by atoms with Crippen LogP contribution in [-0.2, 0) is 16.0 Å². The molecule has 1 heterocycles. The first-order valence-electron chi connectivity index (χ1n) is 8.18. The number of aromatic nitrogens is 2. The highest BCUT2D eigenvalue weighted by Crippen LogP contribution is 2.26. The van der Waals surface area contributed by atoms with Crippen LogP contribution in [0.3, 0.4) is 0 Å². The van der Waals surface area contributed by atoms with Gasteiger partial charge in [-0.2, -0.15) is 5.10 Å². The molecule has 2 amide bonds. The van der Waals surface area contributed by atoms with Gasteiger partial charge in [0.15, 0.2) is 0 Å². The molecule has 1 N–H and O–H groups in total. The summed E-state index contributed by atoms with van der Waals surface area (Å²) in [6, 6.07) is 5.27. The van der Waals surface area contributed by atoms with E-state index >= 15 is 0 Å². The standard InChI is InChI=1S/C18H22Cl2N4O2/c1-11-14(10-17(25)21-8-7-18(26)23(3)4)12(2)24(22-11)13-5-6-15(19)16(20)9-13/h5-6,9H,7-8,10H2,1-4H3,(H,21,25). The second kappa shape index (κ2) is 8.56. The lowest BCUT2D eigenvalue weighted by Gasteiger charge is -2.10. The average molecular weight is 397 g/mol. The molecule has 1 aromatic heterocycles. The van der Waals surface area contributed by atoms with Crippen molar-refractivity contribution in [3.8, 4) is 5.69 Å².